The molecule has 0 heterocycles. The highest BCUT2D eigenvalue weighted by atomic mass is 19.1. The largest absolute Gasteiger partial charge is 0.496 e. The summed E-state index contributed by atoms with van der Waals surface area (Å²) < 4.78 is 19.0. The van der Waals surface area contributed by atoms with Crippen molar-refractivity contribution in [1.29, 1.82) is 0 Å². The maximum atomic E-state index is 13.8. The van der Waals surface area contributed by atoms with Crippen LogP contribution < -0.4 is 10.5 Å². The van der Waals surface area contributed by atoms with E-state index in [1.165, 1.54) is 0 Å². The lowest BCUT2D eigenvalue weighted by molar-refractivity contribution is 0.263. The molecule has 0 aliphatic heterocycles. The zero-order chi connectivity index (χ0) is 10.9. The first-order chi connectivity index (χ1) is 7.15. The predicted octanol–water partition coefficient (Wildman–Crippen LogP) is 2.07. The number of hydrogen-bond acceptors (Lipinski definition) is 2. The van der Waals surface area contributed by atoms with Gasteiger partial charge in [0.25, 0.3) is 0 Å². The molecule has 1 aromatic rings. The van der Waals surface area contributed by atoms with Crippen LogP contribution in [0.15, 0.2) is 24.3 Å². The molecular formula is C12H16FNO. The van der Waals surface area contributed by atoms with E-state index in [9.17, 15) is 4.39 Å². The van der Waals surface area contributed by atoms with Crippen molar-refractivity contribution in [3.63, 3.8) is 0 Å². The summed E-state index contributed by atoms with van der Waals surface area (Å²) in [6, 6.07) is 7.50. The zero-order valence-electron chi connectivity index (χ0n) is 8.87. The summed E-state index contributed by atoms with van der Waals surface area (Å²) in [4.78, 5) is 0. The van der Waals surface area contributed by atoms with Crippen LogP contribution in [0.25, 0.3) is 0 Å². The molecule has 1 aliphatic carbocycles. The van der Waals surface area contributed by atoms with Crippen molar-refractivity contribution in [3.05, 3.63) is 29.8 Å². The molecule has 82 valence electrons. The highest BCUT2D eigenvalue weighted by Crippen LogP contribution is 2.39. The third-order valence-electron chi connectivity index (χ3n) is 3.04. The first-order valence-corrected chi connectivity index (χ1v) is 5.20. The second-order valence-electron chi connectivity index (χ2n) is 4.22. The van der Waals surface area contributed by atoms with Crippen LogP contribution in [0.5, 0.6) is 5.75 Å². The third-order valence-corrected chi connectivity index (χ3v) is 3.04. The van der Waals surface area contributed by atoms with Gasteiger partial charge in [0.2, 0.25) is 0 Å². The summed E-state index contributed by atoms with van der Waals surface area (Å²) in [6.07, 6.45) is 0.974. The van der Waals surface area contributed by atoms with Gasteiger partial charge in [-0.05, 0) is 24.5 Å². The Labute approximate surface area is 89.2 Å². The van der Waals surface area contributed by atoms with Gasteiger partial charge in [-0.15, -0.1) is 0 Å². The van der Waals surface area contributed by atoms with E-state index in [0.717, 1.165) is 24.2 Å². The number of para-hydroxylation sites is 1. The molecule has 1 fully saturated rings. The number of ether oxygens (including phenoxy) is 1. The minimum absolute atomic E-state index is 0.348. The first kappa shape index (κ1) is 10.4. The molecule has 1 aliphatic rings. The fourth-order valence-electron chi connectivity index (χ4n) is 1.73. The smallest absolute Gasteiger partial charge is 0.122 e. The van der Waals surface area contributed by atoms with Gasteiger partial charge < -0.3 is 10.5 Å². The lowest BCUT2D eigenvalue weighted by Crippen LogP contribution is -2.35. The van der Waals surface area contributed by atoms with E-state index in [-0.39, 0.29) is 0 Å². The fourth-order valence-corrected chi connectivity index (χ4v) is 1.73. The van der Waals surface area contributed by atoms with Crippen molar-refractivity contribution < 1.29 is 9.13 Å². The van der Waals surface area contributed by atoms with E-state index in [4.69, 9.17) is 10.5 Å². The summed E-state index contributed by atoms with van der Waals surface area (Å²) in [5, 5.41) is 0. The molecule has 1 aromatic carbocycles. The number of alkyl halides is 1. The number of rotatable bonds is 4. The van der Waals surface area contributed by atoms with Crippen LogP contribution in [0.3, 0.4) is 0 Å². The molecule has 2 rings (SSSR count). The molecule has 0 saturated heterocycles. The molecule has 1 atom stereocenters. The third kappa shape index (κ3) is 2.12. The van der Waals surface area contributed by atoms with Crippen molar-refractivity contribution in [3.8, 4) is 5.75 Å². The number of methoxy groups -OCH3 is 1. The van der Waals surface area contributed by atoms with Crippen LogP contribution in [0.2, 0.25) is 0 Å². The summed E-state index contributed by atoms with van der Waals surface area (Å²) >= 11 is 0. The Morgan fingerprint density at radius 2 is 2.13 bits per heavy atom. The molecule has 1 unspecified atom stereocenters. The first-order valence-electron chi connectivity index (χ1n) is 5.20. The quantitative estimate of drug-likeness (QED) is 0.823. The van der Waals surface area contributed by atoms with E-state index in [1.807, 2.05) is 24.3 Å². The van der Waals surface area contributed by atoms with Gasteiger partial charge in [-0.3, -0.25) is 0 Å². The van der Waals surface area contributed by atoms with Gasteiger partial charge in [0.1, 0.15) is 11.9 Å². The zero-order valence-corrected chi connectivity index (χ0v) is 8.87. The molecule has 0 amide bonds. The maximum Gasteiger partial charge on any atom is 0.122 e. The fraction of sp³-hybridized carbons (Fsp3) is 0.500. The molecule has 0 bridgehead atoms. The Bertz CT molecular complexity index is 349. The van der Waals surface area contributed by atoms with E-state index >= 15 is 0 Å². The predicted molar refractivity (Wildman–Crippen MR) is 57.7 cm³/mol. The SMILES string of the molecule is COc1ccccc1CC(F)C1(N)CC1. The Balaban J connectivity index is 2.09. The molecule has 2 N–H and O–H groups in total. The van der Waals surface area contributed by atoms with Crippen LogP contribution in [0, 0.1) is 0 Å². The van der Waals surface area contributed by atoms with Crippen molar-refractivity contribution in [1.82, 2.24) is 0 Å². The monoisotopic (exact) mass is 209 g/mol. The molecule has 3 heteroatoms. The molecule has 15 heavy (non-hydrogen) atoms. The van der Waals surface area contributed by atoms with Gasteiger partial charge in [-0.2, -0.15) is 0 Å². The van der Waals surface area contributed by atoms with Crippen molar-refractivity contribution >= 4 is 0 Å². The van der Waals surface area contributed by atoms with E-state index in [2.05, 4.69) is 0 Å². The highest BCUT2D eigenvalue weighted by molar-refractivity contribution is 5.34. The van der Waals surface area contributed by atoms with Crippen LogP contribution in [0.4, 0.5) is 4.39 Å². The standard InChI is InChI=1S/C12H16FNO/c1-15-10-5-3-2-4-9(10)8-11(13)12(14)6-7-12/h2-5,11H,6-8,14H2,1H3. The summed E-state index contributed by atoms with van der Waals surface area (Å²) in [5.41, 5.74) is 6.14. The Morgan fingerprint density at radius 1 is 1.47 bits per heavy atom. The number of hydrogen-bond donors (Lipinski definition) is 1. The summed E-state index contributed by atoms with van der Waals surface area (Å²) in [7, 11) is 1.60. The lowest BCUT2D eigenvalue weighted by Gasteiger charge is -2.16. The molecule has 0 aromatic heterocycles. The average molecular weight is 209 g/mol. The van der Waals surface area contributed by atoms with Gasteiger partial charge in [0.05, 0.1) is 7.11 Å². The van der Waals surface area contributed by atoms with Crippen LogP contribution in [-0.2, 0) is 6.42 Å². The van der Waals surface area contributed by atoms with Gasteiger partial charge in [-0.25, -0.2) is 4.39 Å². The number of benzene rings is 1. The van der Waals surface area contributed by atoms with Crippen molar-refractivity contribution in [2.24, 2.45) is 5.73 Å². The molecular weight excluding hydrogens is 193 g/mol. The van der Waals surface area contributed by atoms with Crippen molar-refractivity contribution in [2.75, 3.05) is 7.11 Å². The average Bonchev–Trinajstić information content (AvgIpc) is 2.99. The number of nitrogens with two attached hydrogens (primary N) is 1. The van der Waals surface area contributed by atoms with Gasteiger partial charge in [-0.1, -0.05) is 18.2 Å². The normalized spacial score (nSPS) is 19.7. The number of halogens is 1. The molecule has 0 radical (unpaired) electrons. The molecule has 2 nitrogen and oxygen atoms in total. The Morgan fingerprint density at radius 3 is 2.73 bits per heavy atom. The van der Waals surface area contributed by atoms with Gasteiger partial charge >= 0.3 is 0 Å². The van der Waals surface area contributed by atoms with E-state index in [1.54, 1.807) is 7.11 Å². The maximum absolute atomic E-state index is 13.8. The molecule has 0 spiro atoms. The lowest BCUT2D eigenvalue weighted by atomic mass is 10.0. The Kier molecular flexibility index (Phi) is 2.65. The highest BCUT2D eigenvalue weighted by Gasteiger charge is 2.46. The van der Waals surface area contributed by atoms with Crippen LogP contribution >= 0.6 is 0 Å². The van der Waals surface area contributed by atoms with E-state index < -0.39 is 11.7 Å². The second-order valence-corrected chi connectivity index (χ2v) is 4.22. The van der Waals surface area contributed by atoms with Crippen molar-refractivity contribution in [2.45, 2.75) is 31.0 Å². The van der Waals surface area contributed by atoms with Crippen LogP contribution in [-0.4, -0.2) is 18.8 Å². The Hall–Kier alpha value is -1.09. The van der Waals surface area contributed by atoms with E-state index in [0.29, 0.717) is 6.42 Å². The molecule has 1 saturated carbocycles. The van der Waals surface area contributed by atoms with Crippen LogP contribution in [0.1, 0.15) is 18.4 Å². The van der Waals surface area contributed by atoms with Gasteiger partial charge in [0.15, 0.2) is 0 Å². The summed E-state index contributed by atoms with van der Waals surface area (Å²) in [6.45, 7) is 0. The topological polar surface area (TPSA) is 35.2 Å². The summed E-state index contributed by atoms with van der Waals surface area (Å²) in [5.74, 6) is 0.740. The van der Waals surface area contributed by atoms with Gasteiger partial charge in [0, 0.05) is 12.0 Å². The second kappa shape index (κ2) is 3.81. The minimum Gasteiger partial charge on any atom is -0.496 e. The minimum atomic E-state index is -0.964.